The summed E-state index contributed by atoms with van der Waals surface area (Å²) in [6, 6.07) is 24.6. The van der Waals surface area contributed by atoms with Crippen molar-refractivity contribution < 1.29 is 47.7 Å². The number of alkyl halides is 3. The van der Waals surface area contributed by atoms with Gasteiger partial charge >= 0.3 is 6.18 Å². The minimum atomic E-state index is -4.32. The fourth-order valence-corrected chi connectivity index (χ4v) is 8.72. The number of rotatable bonds is 10. The number of hydrogen-bond acceptors (Lipinski definition) is 2. The van der Waals surface area contributed by atoms with Crippen molar-refractivity contribution >= 4 is 54.7 Å². The van der Waals surface area contributed by atoms with Crippen LogP contribution in [-0.2, 0) is 36.7 Å². The van der Waals surface area contributed by atoms with Crippen molar-refractivity contribution in [1.82, 2.24) is 4.40 Å². The average Bonchev–Trinajstić information content (AvgIpc) is 3.68. The standard InChI is InChI=1S/C38H34F3N2.C13H24O2.Ir/c1-22-24-13-8-9-14-25(24)30(36(2,3)4)20-29(22)34-35-27(18-19-42(34)7)26-15-11-16-28-32-23(21-37(5,6)38(39,40)41)12-10-17-31(32)43(35)33(26)28;1-5-10(6-2)12(14)9-13(15)11(7-3)8-4;/h8-20H,1,7,21H2,2-6H3;9-11,14H,5-8H2,1-4H3;/q-1;;/b;12-9-;. The number of carbonyl (C=O) groups is 1. The van der Waals surface area contributed by atoms with Gasteiger partial charge in [-0.3, -0.25) is 4.79 Å². The van der Waals surface area contributed by atoms with Crippen molar-refractivity contribution in [3.63, 3.8) is 0 Å². The van der Waals surface area contributed by atoms with E-state index in [4.69, 9.17) is 0 Å². The minimum absolute atomic E-state index is 0. The van der Waals surface area contributed by atoms with Crippen LogP contribution in [0.3, 0.4) is 0 Å². The van der Waals surface area contributed by atoms with Crippen LogP contribution < -0.4 is 4.57 Å². The Morgan fingerprint density at radius 2 is 1.34 bits per heavy atom. The zero-order valence-electron chi connectivity index (χ0n) is 35.9. The Morgan fingerprint density at radius 1 is 0.780 bits per heavy atom. The van der Waals surface area contributed by atoms with E-state index in [9.17, 15) is 23.1 Å². The molecule has 0 amide bonds. The molecule has 8 heteroatoms. The van der Waals surface area contributed by atoms with E-state index in [0.29, 0.717) is 5.56 Å². The molecule has 3 heterocycles. The SMILES string of the molecule is CCC(CC)C(=O)/C=C(\O)C(CC)CC.[CH2-]c1c(-c2c3c(cc[n+]2[CH2-])c2cccc4c5c(CC(C)(C)C(F)(F)F)cccc5n3c24)cc(C(C)(C)C)c2ccccc12.[Ir]. The number of aliphatic hydroxyl groups is 1. The quantitative estimate of drug-likeness (QED) is 0.0642. The number of fused-ring (bicyclic) bond motifs is 7. The number of aliphatic hydroxyl groups excluding tert-OH is 1. The molecule has 0 aliphatic rings. The van der Waals surface area contributed by atoms with Crippen LogP contribution >= 0.6 is 0 Å². The molecule has 0 spiro atoms. The van der Waals surface area contributed by atoms with Crippen molar-refractivity contribution in [1.29, 1.82) is 0 Å². The number of halogens is 3. The third-order valence-electron chi connectivity index (χ3n) is 12.3. The van der Waals surface area contributed by atoms with Crippen LogP contribution in [0.15, 0.2) is 90.8 Å². The number of ketones is 1. The van der Waals surface area contributed by atoms with E-state index in [0.717, 1.165) is 86.0 Å². The van der Waals surface area contributed by atoms with Gasteiger partial charge in [-0.1, -0.05) is 122 Å². The van der Waals surface area contributed by atoms with Crippen LogP contribution in [0.2, 0.25) is 0 Å². The van der Waals surface area contributed by atoms with Gasteiger partial charge < -0.3 is 14.1 Å². The van der Waals surface area contributed by atoms with E-state index < -0.39 is 11.6 Å². The van der Waals surface area contributed by atoms with Crippen molar-refractivity contribution in [2.24, 2.45) is 17.3 Å². The summed E-state index contributed by atoms with van der Waals surface area (Å²) in [5.74, 6) is 0.547. The molecule has 3 aromatic heterocycles. The topological polar surface area (TPSA) is 45.6 Å². The Balaban J connectivity index is 0.000000355. The summed E-state index contributed by atoms with van der Waals surface area (Å²) in [6.45, 7) is 21.9. The van der Waals surface area contributed by atoms with Gasteiger partial charge in [-0.2, -0.15) is 25.7 Å². The van der Waals surface area contributed by atoms with Crippen molar-refractivity contribution in [3.8, 4) is 11.3 Å². The molecule has 0 fully saturated rings. The molecule has 59 heavy (non-hydrogen) atoms. The summed E-state index contributed by atoms with van der Waals surface area (Å²) in [4.78, 5) is 11.7. The van der Waals surface area contributed by atoms with E-state index in [-0.39, 0.29) is 55.3 Å². The normalized spacial score (nSPS) is 12.9. The van der Waals surface area contributed by atoms with Gasteiger partial charge in [0, 0.05) is 61.2 Å². The van der Waals surface area contributed by atoms with Crippen molar-refractivity contribution in [2.45, 2.75) is 106 Å². The van der Waals surface area contributed by atoms with Gasteiger partial charge in [0.2, 0.25) is 0 Å². The maximum atomic E-state index is 14.0. The Morgan fingerprint density at radius 3 is 1.93 bits per heavy atom. The number of nitrogens with zero attached hydrogens (tertiary/aromatic N) is 2. The fraction of sp³-hybridized carbons (Fsp3) is 0.373. The predicted molar refractivity (Wildman–Crippen MR) is 236 cm³/mol. The first-order valence-electron chi connectivity index (χ1n) is 20.7. The first-order chi connectivity index (χ1) is 27.3. The van der Waals surface area contributed by atoms with Crippen LogP contribution in [0, 0.1) is 31.2 Å². The molecule has 0 bridgehead atoms. The molecule has 315 valence electrons. The first kappa shape index (κ1) is 45.6. The van der Waals surface area contributed by atoms with Crippen LogP contribution in [0.1, 0.15) is 105 Å². The summed E-state index contributed by atoms with van der Waals surface area (Å²) in [7, 11) is 4.42. The maximum absolute atomic E-state index is 14.0. The van der Waals surface area contributed by atoms with E-state index in [1.807, 2.05) is 74.9 Å². The number of pyridine rings is 1. The molecule has 1 radical (unpaired) electrons. The third kappa shape index (κ3) is 8.20. The second-order valence-electron chi connectivity index (χ2n) is 17.5. The van der Waals surface area contributed by atoms with Crippen molar-refractivity contribution in [2.75, 3.05) is 0 Å². The minimum Gasteiger partial charge on any atom is -0.512 e. The second-order valence-corrected chi connectivity index (χ2v) is 17.5. The number of allylic oxidation sites excluding steroid dienone is 2. The molecule has 0 aliphatic heterocycles. The molecule has 4 nitrogen and oxygen atoms in total. The monoisotopic (exact) mass is 980 g/mol. The zero-order chi connectivity index (χ0) is 42.5. The molecule has 1 N–H and O–H groups in total. The maximum Gasteiger partial charge on any atom is 0.394 e. The van der Waals surface area contributed by atoms with E-state index in [1.54, 1.807) is 0 Å². The van der Waals surface area contributed by atoms with E-state index >= 15 is 0 Å². The molecular weight excluding hydrogens is 922 g/mol. The first-order valence-corrected chi connectivity index (χ1v) is 20.7. The fourth-order valence-electron chi connectivity index (χ4n) is 8.72. The molecule has 7 rings (SSSR count). The molecule has 7 aromatic rings. The molecule has 0 saturated heterocycles. The number of para-hydroxylation sites is 1. The van der Waals surface area contributed by atoms with Crippen LogP contribution in [-0.4, -0.2) is 21.5 Å². The summed E-state index contributed by atoms with van der Waals surface area (Å²) in [5, 5.41) is 16.0. The zero-order valence-corrected chi connectivity index (χ0v) is 38.3. The van der Waals surface area contributed by atoms with Gasteiger partial charge in [0.15, 0.2) is 5.78 Å². The molecule has 0 atom stereocenters. The number of carbonyl (C=O) groups excluding carboxylic acids is 1. The number of benzene rings is 4. The molecular formula is C51H58F3IrN2O2-. The second kappa shape index (κ2) is 17.2. The third-order valence-corrected chi connectivity index (χ3v) is 12.3. The summed E-state index contributed by atoms with van der Waals surface area (Å²) < 4.78 is 46.3. The largest absolute Gasteiger partial charge is 0.512 e. The van der Waals surface area contributed by atoms with Gasteiger partial charge in [0.05, 0.1) is 39.6 Å². The Bertz CT molecular complexity index is 2660. The molecule has 0 unspecified atom stereocenters. The predicted octanol–water partition coefficient (Wildman–Crippen LogP) is 14.1. The Kier molecular flexibility index (Phi) is 13.3. The number of aromatic nitrogens is 2. The summed E-state index contributed by atoms with van der Waals surface area (Å²) in [5.41, 5.74) is 5.65. The summed E-state index contributed by atoms with van der Waals surface area (Å²) >= 11 is 0. The van der Waals surface area contributed by atoms with E-state index in [2.05, 4.69) is 75.5 Å². The smallest absolute Gasteiger partial charge is 0.394 e. The molecule has 0 saturated carbocycles. The molecule has 0 aliphatic carbocycles. The van der Waals surface area contributed by atoms with Crippen molar-refractivity contribution in [3.05, 3.63) is 121 Å². The Hall–Kier alpha value is -4.52. The van der Waals surface area contributed by atoms with Crippen LogP contribution in [0.5, 0.6) is 0 Å². The Labute approximate surface area is 361 Å². The number of hydrogen-bond donors (Lipinski definition) is 1. The summed E-state index contributed by atoms with van der Waals surface area (Å²) in [6.07, 6.45) is 2.47. The van der Waals surface area contributed by atoms with Gasteiger partial charge in [-0.25, -0.2) is 0 Å². The molecule has 4 aromatic carbocycles. The van der Waals surface area contributed by atoms with Gasteiger partial charge in [-0.15, -0.1) is 23.1 Å². The van der Waals surface area contributed by atoms with Gasteiger partial charge in [0.1, 0.15) is 0 Å². The van der Waals surface area contributed by atoms with E-state index in [1.165, 1.54) is 30.9 Å². The average molecular weight is 980 g/mol. The van der Waals surface area contributed by atoms with Gasteiger partial charge in [0.25, 0.3) is 0 Å². The van der Waals surface area contributed by atoms with Crippen LogP contribution in [0.25, 0.3) is 60.1 Å². The van der Waals surface area contributed by atoms with Crippen LogP contribution in [0.4, 0.5) is 13.2 Å². The van der Waals surface area contributed by atoms with Gasteiger partial charge in [-0.05, 0) is 60.6 Å².